The second-order valence-electron chi connectivity index (χ2n) is 8.19. The van der Waals surface area contributed by atoms with E-state index in [9.17, 15) is 0 Å². The molecule has 0 aliphatic heterocycles. The Balaban J connectivity index is 1.83. The Labute approximate surface area is 154 Å². The van der Waals surface area contributed by atoms with Crippen LogP contribution in [0.25, 0.3) is 11.0 Å². The minimum absolute atomic E-state index is 0.589. The van der Waals surface area contributed by atoms with E-state index in [4.69, 9.17) is 4.74 Å². The average molecular weight is 409 g/mol. The molecule has 0 spiro atoms. The molecule has 3 rings (SSSR count). The molecule has 24 heavy (non-hydrogen) atoms. The summed E-state index contributed by atoms with van der Waals surface area (Å²) in [6.07, 6.45) is 8.54. The van der Waals surface area contributed by atoms with E-state index in [-0.39, 0.29) is 0 Å². The summed E-state index contributed by atoms with van der Waals surface area (Å²) >= 11 is 3.87. The highest BCUT2D eigenvalue weighted by Crippen LogP contribution is 2.41. The van der Waals surface area contributed by atoms with Crippen molar-refractivity contribution in [1.82, 2.24) is 9.55 Å². The van der Waals surface area contributed by atoms with E-state index >= 15 is 0 Å². The van der Waals surface area contributed by atoms with Crippen LogP contribution in [0.1, 0.15) is 43.6 Å². The van der Waals surface area contributed by atoms with Gasteiger partial charge in [0, 0.05) is 26.3 Å². The van der Waals surface area contributed by atoms with Crippen LogP contribution in [-0.2, 0) is 11.5 Å². The van der Waals surface area contributed by atoms with Crippen LogP contribution in [0.2, 0.25) is 25.7 Å². The fourth-order valence-corrected chi connectivity index (χ4v) is 5.17. The molecule has 1 aliphatic carbocycles. The highest BCUT2D eigenvalue weighted by molar-refractivity contribution is 9.10. The number of hydrogen-bond donors (Lipinski definition) is 0. The average Bonchev–Trinajstić information content (AvgIpc) is 2.83. The second-order valence-corrected chi connectivity index (χ2v) is 14.6. The first kappa shape index (κ1) is 18.1. The van der Waals surface area contributed by atoms with Crippen molar-refractivity contribution < 1.29 is 4.74 Å². The summed E-state index contributed by atoms with van der Waals surface area (Å²) in [6, 6.07) is 5.47. The Hall–Kier alpha value is -0.653. The standard InChI is InChI=1S/C19H29BrN2OSi/c1-24(2,3)13-12-23-14-22-18(20)17(15-8-5-4-6-9-15)16-10-7-11-21-19(16)22/h7,10-11,15H,4-6,8-9,12-14H2,1-3H3. The van der Waals surface area contributed by atoms with Crippen molar-refractivity contribution in [2.75, 3.05) is 6.61 Å². The molecule has 1 aliphatic rings. The van der Waals surface area contributed by atoms with Gasteiger partial charge in [0.2, 0.25) is 0 Å². The Morgan fingerprint density at radius 2 is 2.00 bits per heavy atom. The van der Waals surface area contributed by atoms with E-state index in [1.807, 2.05) is 6.20 Å². The lowest BCUT2D eigenvalue weighted by molar-refractivity contribution is 0.0883. The van der Waals surface area contributed by atoms with Gasteiger partial charge in [-0.25, -0.2) is 4.98 Å². The lowest BCUT2D eigenvalue weighted by Gasteiger charge is -2.22. The summed E-state index contributed by atoms with van der Waals surface area (Å²) in [5, 5.41) is 1.30. The van der Waals surface area contributed by atoms with Crippen LogP contribution in [0.3, 0.4) is 0 Å². The van der Waals surface area contributed by atoms with Crippen molar-refractivity contribution >= 4 is 35.0 Å². The van der Waals surface area contributed by atoms with Crippen molar-refractivity contribution in [1.29, 1.82) is 0 Å². The topological polar surface area (TPSA) is 27.1 Å². The van der Waals surface area contributed by atoms with E-state index in [1.165, 1.54) is 53.7 Å². The maximum atomic E-state index is 6.01. The van der Waals surface area contributed by atoms with Gasteiger partial charge in [0.1, 0.15) is 12.4 Å². The molecule has 1 saturated carbocycles. The summed E-state index contributed by atoms with van der Waals surface area (Å²) < 4.78 is 9.40. The van der Waals surface area contributed by atoms with Gasteiger partial charge in [-0.3, -0.25) is 4.57 Å². The number of nitrogens with zero attached hydrogens (tertiary/aromatic N) is 2. The predicted molar refractivity (Wildman–Crippen MR) is 107 cm³/mol. The SMILES string of the molecule is C[Si](C)(C)CCOCn1c(Br)c(C2CCCCC2)c2cccnc21. The molecule has 0 atom stereocenters. The zero-order chi connectivity index (χ0) is 17.2. The Morgan fingerprint density at radius 1 is 1.25 bits per heavy atom. The van der Waals surface area contributed by atoms with Gasteiger partial charge in [-0.15, -0.1) is 0 Å². The fraction of sp³-hybridized carbons (Fsp3) is 0.632. The summed E-state index contributed by atoms with van der Waals surface area (Å²) in [5.41, 5.74) is 2.50. The van der Waals surface area contributed by atoms with Gasteiger partial charge in [0.25, 0.3) is 0 Å². The van der Waals surface area contributed by atoms with Gasteiger partial charge in [-0.2, -0.15) is 0 Å². The largest absolute Gasteiger partial charge is 0.361 e. The molecule has 0 aromatic carbocycles. The van der Waals surface area contributed by atoms with Gasteiger partial charge in [0.15, 0.2) is 0 Å². The number of halogens is 1. The maximum Gasteiger partial charge on any atom is 0.142 e. The van der Waals surface area contributed by atoms with Gasteiger partial charge in [-0.05, 0) is 58.4 Å². The maximum absolute atomic E-state index is 6.01. The van der Waals surface area contributed by atoms with Crippen LogP contribution < -0.4 is 0 Å². The Morgan fingerprint density at radius 3 is 2.71 bits per heavy atom. The summed E-state index contributed by atoms with van der Waals surface area (Å²) in [5.74, 6) is 0.656. The van der Waals surface area contributed by atoms with Crippen molar-refractivity contribution in [3.63, 3.8) is 0 Å². The molecule has 2 heterocycles. The van der Waals surface area contributed by atoms with Crippen molar-refractivity contribution in [2.24, 2.45) is 0 Å². The zero-order valence-electron chi connectivity index (χ0n) is 15.1. The summed E-state index contributed by atoms with van der Waals surface area (Å²) in [4.78, 5) is 4.65. The van der Waals surface area contributed by atoms with Crippen LogP contribution in [0.5, 0.6) is 0 Å². The minimum Gasteiger partial charge on any atom is -0.361 e. The van der Waals surface area contributed by atoms with Gasteiger partial charge in [-0.1, -0.05) is 38.9 Å². The number of pyridine rings is 1. The zero-order valence-corrected chi connectivity index (χ0v) is 17.7. The highest BCUT2D eigenvalue weighted by Gasteiger charge is 2.25. The molecule has 5 heteroatoms. The molecule has 0 unspecified atom stereocenters. The van der Waals surface area contributed by atoms with Crippen LogP contribution in [0, 0.1) is 0 Å². The number of rotatable bonds is 6. The number of ether oxygens (including phenoxy) is 1. The molecule has 132 valence electrons. The first-order valence-electron chi connectivity index (χ1n) is 9.18. The lowest BCUT2D eigenvalue weighted by Crippen LogP contribution is -2.22. The molecule has 2 aromatic rings. The van der Waals surface area contributed by atoms with Crippen LogP contribution in [-0.4, -0.2) is 24.2 Å². The lowest BCUT2D eigenvalue weighted by atomic mass is 9.84. The van der Waals surface area contributed by atoms with E-state index in [0.717, 1.165) is 12.3 Å². The van der Waals surface area contributed by atoms with Crippen LogP contribution in [0.15, 0.2) is 22.9 Å². The Bertz CT molecular complexity index is 686. The first-order valence-corrected chi connectivity index (χ1v) is 13.7. The predicted octanol–water partition coefficient (Wildman–Crippen LogP) is 6.16. The first-order chi connectivity index (χ1) is 11.5. The van der Waals surface area contributed by atoms with Crippen LogP contribution >= 0.6 is 15.9 Å². The quantitative estimate of drug-likeness (QED) is 0.422. The third-order valence-electron chi connectivity index (χ3n) is 5.02. The molecular weight excluding hydrogens is 380 g/mol. The van der Waals surface area contributed by atoms with Gasteiger partial charge >= 0.3 is 0 Å². The number of hydrogen-bond acceptors (Lipinski definition) is 2. The summed E-state index contributed by atoms with van der Waals surface area (Å²) in [7, 11) is -1.05. The molecular formula is C19H29BrN2OSi. The molecule has 0 amide bonds. The molecule has 2 aromatic heterocycles. The van der Waals surface area contributed by atoms with Gasteiger partial charge < -0.3 is 4.74 Å². The van der Waals surface area contributed by atoms with E-state index in [2.05, 4.69) is 57.3 Å². The molecule has 0 bridgehead atoms. The Kier molecular flexibility index (Phi) is 5.83. The third-order valence-corrected chi connectivity index (χ3v) is 7.58. The normalized spacial score (nSPS) is 16.8. The smallest absolute Gasteiger partial charge is 0.142 e. The minimum atomic E-state index is -1.05. The number of fused-ring (bicyclic) bond motifs is 1. The van der Waals surface area contributed by atoms with E-state index < -0.39 is 8.07 Å². The van der Waals surface area contributed by atoms with E-state index in [0.29, 0.717) is 12.6 Å². The molecule has 0 radical (unpaired) electrons. The highest BCUT2D eigenvalue weighted by atomic mass is 79.9. The molecule has 0 N–H and O–H groups in total. The molecule has 3 nitrogen and oxygen atoms in total. The van der Waals surface area contributed by atoms with Gasteiger partial charge in [0.05, 0.1) is 4.60 Å². The number of aromatic nitrogens is 2. The second kappa shape index (κ2) is 7.71. The van der Waals surface area contributed by atoms with Crippen molar-refractivity contribution in [3.05, 3.63) is 28.5 Å². The van der Waals surface area contributed by atoms with Crippen LogP contribution in [0.4, 0.5) is 0 Å². The molecule has 1 fully saturated rings. The molecule has 0 saturated heterocycles. The van der Waals surface area contributed by atoms with Crippen molar-refractivity contribution in [2.45, 2.75) is 70.4 Å². The summed E-state index contributed by atoms with van der Waals surface area (Å²) in [6.45, 7) is 8.60. The third kappa shape index (κ3) is 4.11. The van der Waals surface area contributed by atoms with Crippen molar-refractivity contribution in [3.8, 4) is 0 Å². The monoisotopic (exact) mass is 408 g/mol. The fourth-order valence-electron chi connectivity index (χ4n) is 3.60. The van der Waals surface area contributed by atoms with E-state index in [1.54, 1.807) is 0 Å².